The Hall–Kier alpha value is 0.560. The van der Waals surface area contributed by atoms with Crippen molar-refractivity contribution in [2.45, 2.75) is 102 Å². The topological polar surface area (TPSA) is 23.5 Å². The average molecular weight is 380 g/mol. The van der Waals surface area contributed by atoms with Crippen LogP contribution in [0, 0.1) is 0 Å². The lowest BCUT2D eigenvalue weighted by molar-refractivity contribution is 0.117. The fourth-order valence-corrected chi connectivity index (χ4v) is 4.64. The first-order valence-corrected chi connectivity index (χ1v) is 11.3. The first kappa shape index (κ1) is 24.6. The van der Waals surface area contributed by atoms with Gasteiger partial charge in [0.1, 0.15) is 0 Å². The highest BCUT2D eigenvalue weighted by atomic mass is 35.5. The van der Waals surface area contributed by atoms with Crippen molar-refractivity contribution in [3.05, 3.63) is 0 Å². The molecule has 2 atom stereocenters. The predicted molar refractivity (Wildman–Crippen MR) is 113 cm³/mol. The molecule has 0 aromatic rings. The summed E-state index contributed by atoms with van der Waals surface area (Å²) < 4.78 is 0. The molecule has 0 aromatic carbocycles. The monoisotopic (exact) mass is 379 g/mol. The molecule has 1 aliphatic heterocycles. The lowest BCUT2D eigenvalue weighted by atomic mass is 10.1. The third-order valence-electron chi connectivity index (χ3n) is 5.03. The van der Waals surface area contributed by atoms with Crippen LogP contribution in [-0.4, -0.2) is 46.7 Å². The van der Waals surface area contributed by atoms with E-state index in [4.69, 9.17) is 0 Å². The van der Waals surface area contributed by atoms with Gasteiger partial charge >= 0.3 is 0 Å². The third-order valence-corrected chi connectivity index (χ3v) is 6.64. The molecule has 0 amide bonds. The van der Waals surface area contributed by atoms with Gasteiger partial charge in [0.25, 0.3) is 0 Å². The summed E-state index contributed by atoms with van der Waals surface area (Å²) in [7, 11) is 0. The van der Waals surface area contributed by atoms with Gasteiger partial charge in [0, 0.05) is 17.5 Å². The normalized spacial score (nSPS) is 18.1. The van der Waals surface area contributed by atoms with Crippen LogP contribution in [0.5, 0.6) is 0 Å². The fourth-order valence-electron chi connectivity index (χ4n) is 3.47. The third kappa shape index (κ3) is 12.9. The molecular weight excluding hydrogens is 338 g/mol. The Balaban J connectivity index is 0.00000529. The van der Waals surface area contributed by atoms with Gasteiger partial charge in [-0.15, -0.1) is 12.4 Å². The van der Waals surface area contributed by atoms with Crippen LogP contribution in [0.25, 0.3) is 0 Å². The van der Waals surface area contributed by atoms with Crippen LogP contribution < -0.4 is 0 Å². The van der Waals surface area contributed by atoms with E-state index in [1.807, 2.05) is 11.8 Å². The largest absolute Gasteiger partial charge is 0.391 e. The molecule has 2 unspecified atom stereocenters. The number of piperidine rings is 1. The minimum absolute atomic E-state index is 0. The van der Waals surface area contributed by atoms with Gasteiger partial charge in [-0.2, -0.15) is 11.8 Å². The summed E-state index contributed by atoms with van der Waals surface area (Å²) in [6.45, 7) is 7.85. The zero-order chi connectivity index (χ0) is 16.8. The van der Waals surface area contributed by atoms with Gasteiger partial charge in [0.05, 0.1) is 6.10 Å². The number of halogens is 1. The van der Waals surface area contributed by atoms with E-state index in [0.29, 0.717) is 0 Å². The van der Waals surface area contributed by atoms with Crippen LogP contribution in [-0.2, 0) is 0 Å². The Morgan fingerprint density at radius 3 is 2.17 bits per heavy atom. The SMILES string of the molecule is CCCCCCCCCC(CC)SCC(O)CN1CCCCC1.Cl. The summed E-state index contributed by atoms with van der Waals surface area (Å²) in [6, 6.07) is 0. The average Bonchev–Trinajstić information content (AvgIpc) is 2.57. The van der Waals surface area contributed by atoms with Crippen molar-refractivity contribution in [2.24, 2.45) is 0 Å². The Morgan fingerprint density at radius 1 is 0.917 bits per heavy atom. The Bertz CT molecular complexity index is 262. The van der Waals surface area contributed by atoms with E-state index in [2.05, 4.69) is 18.7 Å². The molecule has 2 nitrogen and oxygen atoms in total. The van der Waals surface area contributed by atoms with E-state index < -0.39 is 0 Å². The van der Waals surface area contributed by atoms with Crippen LogP contribution in [0.2, 0.25) is 0 Å². The predicted octanol–water partition coefficient (Wildman–Crippen LogP) is 5.91. The lowest BCUT2D eigenvalue weighted by Crippen LogP contribution is -2.37. The van der Waals surface area contributed by atoms with Gasteiger partial charge in [-0.1, -0.05) is 65.2 Å². The maximum Gasteiger partial charge on any atom is 0.0757 e. The van der Waals surface area contributed by atoms with E-state index in [1.165, 1.54) is 90.1 Å². The van der Waals surface area contributed by atoms with Gasteiger partial charge in [-0.05, 0) is 38.8 Å². The molecule has 4 heteroatoms. The van der Waals surface area contributed by atoms with Gasteiger partial charge < -0.3 is 10.0 Å². The van der Waals surface area contributed by atoms with Crippen LogP contribution in [0.4, 0.5) is 0 Å². The number of likely N-dealkylation sites (tertiary alicyclic amines) is 1. The first-order valence-electron chi connectivity index (χ1n) is 10.3. The minimum Gasteiger partial charge on any atom is -0.391 e. The summed E-state index contributed by atoms with van der Waals surface area (Å²) in [4.78, 5) is 2.45. The van der Waals surface area contributed by atoms with Crippen molar-refractivity contribution in [1.29, 1.82) is 0 Å². The van der Waals surface area contributed by atoms with Crippen LogP contribution in [0.15, 0.2) is 0 Å². The first-order chi connectivity index (χ1) is 11.3. The molecule has 0 bridgehead atoms. The number of nitrogens with zero attached hydrogens (tertiary/aromatic N) is 1. The summed E-state index contributed by atoms with van der Waals surface area (Å²) in [6.07, 6.45) is 16.2. The second-order valence-corrected chi connectivity index (χ2v) is 8.62. The summed E-state index contributed by atoms with van der Waals surface area (Å²) in [5, 5.41) is 11.0. The zero-order valence-corrected chi connectivity index (χ0v) is 17.8. The highest BCUT2D eigenvalue weighted by Crippen LogP contribution is 2.23. The smallest absolute Gasteiger partial charge is 0.0757 e. The van der Waals surface area contributed by atoms with Crippen molar-refractivity contribution < 1.29 is 5.11 Å². The highest BCUT2D eigenvalue weighted by molar-refractivity contribution is 7.99. The van der Waals surface area contributed by atoms with E-state index in [1.54, 1.807) is 0 Å². The highest BCUT2D eigenvalue weighted by Gasteiger charge is 2.16. The molecule has 146 valence electrons. The van der Waals surface area contributed by atoms with Gasteiger partial charge in [-0.25, -0.2) is 0 Å². The van der Waals surface area contributed by atoms with E-state index in [-0.39, 0.29) is 18.5 Å². The standard InChI is InChI=1S/C20H41NOS.ClH/c1-3-5-6-7-8-9-11-14-20(4-2)23-18-19(22)17-21-15-12-10-13-16-21;/h19-20,22H,3-18H2,1-2H3;1H. The fraction of sp³-hybridized carbons (Fsp3) is 1.00. The number of hydrogen-bond donors (Lipinski definition) is 1. The van der Waals surface area contributed by atoms with Crippen molar-refractivity contribution in [3.63, 3.8) is 0 Å². The summed E-state index contributed by atoms with van der Waals surface area (Å²) >= 11 is 2.01. The summed E-state index contributed by atoms with van der Waals surface area (Å²) in [5.74, 6) is 0.922. The number of aliphatic hydroxyl groups is 1. The Kier molecular flexibility index (Phi) is 17.4. The number of β-amino-alcohol motifs (C(OH)–C–C–N with tert-alkyl or cyclic N) is 1. The summed E-state index contributed by atoms with van der Waals surface area (Å²) in [5.41, 5.74) is 0. The van der Waals surface area contributed by atoms with Gasteiger partial charge in [0.15, 0.2) is 0 Å². The number of unbranched alkanes of at least 4 members (excludes halogenated alkanes) is 6. The van der Waals surface area contributed by atoms with E-state index in [0.717, 1.165) is 17.5 Å². The van der Waals surface area contributed by atoms with Crippen molar-refractivity contribution in [3.8, 4) is 0 Å². The Morgan fingerprint density at radius 2 is 1.54 bits per heavy atom. The molecule has 1 N–H and O–H groups in total. The molecule has 1 saturated heterocycles. The number of thioether (sulfide) groups is 1. The van der Waals surface area contributed by atoms with Gasteiger partial charge in [-0.3, -0.25) is 0 Å². The lowest BCUT2D eigenvalue weighted by Gasteiger charge is -2.28. The second kappa shape index (κ2) is 17.0. The van der Waals surface area contributed by atoms with Crippen LogP contribution in [0.1, 0.15) is 90.9 Å². The molecule has 0 saturated carbocycles. The van der Waals surface area contributed by atoms with Gasteiger partial charge in [0.2, 0.25) is 0 Å². The van der Waals surface area contributed by atoms with Crippen molar-refractivity contribution in [1.82, 2.24) is 4.90 Å². The van der Waals surface area contributed by atoms with Crippen LogP contribution >= 0.6 is 24.2 Å². The molecule has 0 aromatic heterocycles. The molecule has 0 radical (unpaired) electrons. The molecule has 1 aliphatic rings. The minimum atomic E-state index is -0.138. The van der Waals surface area contributed by atoms with Crippen molar-refractivity contribution >= 4 is 24.2 Å². The maximum atomic E-state index is 10.3. The van der Waals surface area contributed by atoms with E-state index in [9.17, 15) is 5.11 Å². The molecule has 0 aliphatic carbocycles. The van der Waals surface area contributed by atoms with Crippen LogP contribution in [0.3, 0.4) is 0 Å². The van der Waals surface area contributed by atoms with Crippen molar-refractivity contribution in [2.75, 3.05) is 25.4 Å². The Labute approximate surface area is 161 Å². The molecule has 0 spiro atoms. The molecule has 1 fully saturated rings. The molecule has 24 heavy (non-hydrogen) atoms. The number of rotatable bonds is 14. The van der Waals surface area contributed by atoms with E-state index >= 15 is 0 Å². The zero-order valence-electron chi connectivity index (χ0n) is 16.2. The number of hydrogen-bond acceptors (Lipinski definition) is 3. The molecule has 1 heterocycles. The quantitative estimate of drug-likeness (QED) is 0.379. The second-order valence-electron chi connectivity index (χ2n) is 7.29. The molecule has 1 rings (SSSR count). The molecular formula is C20H42ClNOS. The number of aliphatic hydroxyl groups excluding tert-OH is 1. The maximum absolute atomic E-state index is 10.3.